The summed E-state index contributed by atoms with van der Waals surface area (Å²) in [5.41, 5.74) is 0.552. The second-order valence-electron chi connectivity index (χ2n) is 5.31. The second-order valence-corrected chi connectivity index (χ2v) is 6.99. The van der Waals surface area contributed by atoms with Crippen LogP contribution in [0.25, 0.3) is 5.69 Å². The van der Waals surface area contributed by atoms with Gasteiger partial charge in [0.1, 0.15) is 5.69 Å². The van der Waals surface area contributed by atoms with Crippen LogP contribution in [0.2, 0.25) is 0 Å². The number of carbonyl (C=O) groups is 1. The average molecular weight is 359 g/mol. The Bertz CT molecular complexity index is 1030. The van der Waals surface area contributed by atoms with Gasteiger partial charge in [0.2, 0.25) is 0 Å². The van der Waals surface area contributed by atoms with Gasteiger partial charge in [-0.25, -0.2) is 17.5 Å². The molecule has 2 aromatic carbocycles. The summed E-state index contributed by atoms with van der Waals surface area (Å²) in [5.74, 6) is -0.868. The SMILES string of the molecule is CC(=O)c1cccc(S(=O)(=O)Nc2ccc(-n3cccn3)c(F)c2)c1. The van der Waals surface area contributed by atoms with Gasteiger partial charge in [-0.15, -0.1) is 0 Å². The molecule has 0 radical (unpaired) electrons. The normalized spacial score (nSPS) is 11.3. The highest BCUT2D eigenvalue weighted by Gasteiger charge is 2.16. The molecule has 0 spiro atoms. The summed E-state index contributed by atoms with van der Waals surface area (Å²) in [7, 11) is -3.94. The van der Waals surface area contributed by atoms with Gasteiger partial charge in [-0.2, -0.15) is 5.10 Å². The van der Waals surface area contributed by atoms with Crippen molar-refractivity contribution in [2.75, 3.05) is 4.72 Å². The van der Waals surface area contributed by atoms with Gasteiger partial charge >= 0.3 is 0 Å². The molecule has 0 aliphatic rings. The zero-order chi connectivity index (χ0) is 18.0. The molecule has 3 aromatic rings. The first-order valence-electron chi connectivity index (χ1n) is 7.30. The van der Waals surface area contributed by atoms with E-state index in [1.165, 1.54) is 54.2 Å². The highest BCUT2D eigenvalue weighted by Crippen LogP contribution is 2.21. The van der Waals surface area contributed by atoms with Crippen LogP contribution in [-0.2, 0) is 10.0 Å². The molecule has 0 aliphatic carbocycles. The van der Waals surface area contributed by atoms with Crippen LogP contribution in [-0.4, -0.2) is 24.0 Å². The lowest BCUT2D eigenvalue weighted by atomic mass is 10.2. The molecular formula is C17H14FN3O3S. The number of ketones is 1. The summed E-state index contributed by atoms with van der Waals surface area (Å²) in [6.07, 6.45) is 3.09. The minimum Gasteiger partial charge on any atom is -0.295 e. The van der Waals surface area contributed by atoms with Crippen LogP contribution in [0.15, 0.2) is 65.8 Å². The van der Waals surface area contributed by atoms with Gasteiger partial charge in [-0.05, 0) is 37.3 Å². The van der Waals surface area contributed by atoms with Crippen molar-refractivity contribution >= 4 is 21.5 Å². The molecule has 8 heteroatoms. The van der Waals surface area contributed by atoms with E-state index < -0.39 is 15.8 Å². The Morgan fingerprint density at radius 1 is 1.16 bits per heavy atom. The Hall–Kier alpha value is -3.00. The molecule has 0 saturated carbocycles. The van der Waals surface area contributed by atoms with Crippen LogP contribution in [0.5, 0.6) is 0 Å². The number of nitrogens with one attached hydrogen (secondary N) is 1. The summed E-state index contributed by atoms with van der Waals surface area (Å²) < 4.78 is 42.7. The van der Waals surface area contributed by atoms with Crippen LogP contribution in [0.4, 0.5) is 10.1 Å². The summed E-state index contributed by atoms with van der Waals surface area (Å²) in [6, 6.07) is 11.2. The van der Waals surface area contributed by atoms with Gasteiger partial charge in [0.05, 0.1) is 10.6 Å². The van der Waals surface area contributed by atoms with Gasteiger partial charge in [-0.3, -0.25) is 9.52 Å². The number of hydrogen-bond donors (Lipinski definition) is 1. The lowest BCUT2D eigenvalue weighted by Gasteiger charge is -2.10. The van der Waals surface area contributed by atoms with E-state index in [1.807, 2.05) is 0 Å². The molecule has 0 aliphatic heterocycles. The van der Waals surface area contributed by atoms with Gasteiger partial charge in [0.25, 0.3) is 10.0 Å². The maximum Gasteiger partial charge on any atom is 0.261 e. The monoisotopic (exact) mass is 359 g/mol. The lowest BCUT2D eigenvalue weighted by Crippen LogP contribution is -2.14. The topological polar surface area (TPSA) is 81.1 Å². The van der Waals surface area contributed by atoms with Crippen molar-refractivity contribution in [3.63, 3.8) is 0 Å². The molecule has 3 rings (SSSR count). The van der Waals surface area contributed by atoms with Crippen LogP contribution in [0.3, 0.4) is 0 Å². The molecule has 1 N–H and O–H groups in total. The molecular weight excluding hydrogens is 345 g/mol. The molecule has 1 aromatic heterocycles. The average Bonchev–Trinajstić information content (AvgIpc) is 3.09. The van der Waals surface area contributed by atoms with E-state index in [-0.39, 0.29) is 27.6 Å². The molecule has 0 fully saturated rings. The first-order valence-corrected chi connectivity index (χ1v) is 8.78. The molecule has 6 nitrogen and oxygen atoms in total. The van der Waals surface area contributed by atoms with Crippen molar-refractivity contribution in [1.82, 2.24) is 9.78 Å². The van der Waals surface area contributed by atoms with Gasteiger partial charge in [0, 0.05) is 24.0 Å². The molecule has 0 bridgehead atoms. The number of rotatable bonds is 5. The number of benzene rings is 2. The molecule has 1 heterocycles. The van der Waals surface area contributed by atoms with Crippen LogP contribution in [0, 0.1) is 5.82 Å². The van der Waals surface area contributed by atoms with Gasteiger partial charge < -0.3 is 0 Å². The van der Waals surface area contributed by atoms with E-state index in [2.05, 4.69) is 9.82 Å². The number of halogens is 1. The number of aromatic nitrogens is 2. The predicted octanol–water partition coefficient (Wildman–Crippen LogP) is 3.01. The zero-order valence-corrected chi connectivity index (χ0v) is 14.0. The summed E-state index contributed by atoms with van der Waals surface area (Å²) in [5, 5.41) is 3.93. The quantitative estimate of drug-likeness (QED) is 0.710. The minimum atomic E-state index is -3.94. The van der Waals surface area contributed by atoms with Crippen molar-refractivity contribution in [2.24, 2.45) is 0 Å². The Kier molecular flexibility index (Phi) is 4.37. The summed E-state index contributed by atoms with van der Waals surface area (Å²) in [4.78, 5) is 11.3. The van der Waals surface area contributed by atoms with E-state index in [9.17, 15) is 17.6 Å². The number of sulfonamides is 1. The highest BCUT2D eigenvalue weighted by atomic mass is 32.2. The fourth-order valence-electron chi connectivity index (χ4n) is 2.26. The summed E-state index contributed by atoms with van der Waals surface area (Å²) >= 11 is 0. The third-order valence-electron chi connectivity index (χ3n) is 3.50. The molecule has 0 amide bonds. The maximum atomic E-state index is 14.2. The lowest BCUT2D eigenvalue weighted by molar-refractivity contribution is 0.101. The number of hydrogen-bond acceptors (Lipinski definition) is 4. The Morgan fingerprint density at radius 3 is 2.60 bits per heavy atom. The number of Topliss-reactive ketones (excluding diaryl/α,β-unsaturated/α-hetero) is 1. The van der Waals surface area contributed by atoms with Crippen LogP contribution >= 0.6 is 0 Å². The van der Waals surface area contributed by atoms with Crippen molar-refractivity contribution in [3.05, 3.63) is 72.3 Å². The molecule has 0 saturated heterocycles. The highest BCUT2D eigenvalue weighted by molar-refractivity contribution is 7.92. The predicted molar refractivity (Wildman–Crippen MR) is 90.8 cm³/mol. The standard InChI is InChI=1S/C17H14FN3O3S/c1-12(22)13-4-2-5-15(10-13)25(23,24)20-14-6-7-17(16(18)11-14)21-9-3-8-19-21/h2-11,20H,1H3. The third kappa shape index (κ3) is 3.58. The van der Waals surface area contributed by atoms with E-state index in [0.29, 0.717) is 0 Å². The number of nitrogens with zero attached hydrogens (tertiary/aromatic N) is 2. The van der Waals surface area contributed by atoms with E-state index in [0.717, 1.165) is 6.07 Å². The van der Waals surface area contributed by atoms with Crippen LogP contribution in [0.1, 0.15) is 17.3 Å². The fourth-order valence-corrected chi connectivity index (χ4v) is 3.36. The Labute approximate surface area is 144 Å². The molecule has 0 atom stereocenters. The van der Waals surface area contributed by atoms with E-state index >= 15 is 0 Å². The minimum absolute atomic E-state index is 0.0710. The maximum absolute atomic E-state index is 14.2. The molecule has 128 valence electrons. The van der Waals surface area contributed by atoms with Gasteiger partial charge in [0.15, 0.2) is 11.6 Å². The number of carbonyl (C=O) groups excluding carboxylic acids is 1. The first kappa shape index (κ1) is 16.8. The smallest absolute Gasteiger partial charge is 0.261 e. The van der Waals surface area contributed by atoms with E-state index in [4.69, 9.17) is 0 Å². The largest absolute Gasteiger partial charge is 0.295 e. The fraction of sp³-hybridized carbons (Fsp3) is 0.0588. The van der Waals surface area contributed by atoms with Crippen LogP contribution < -0.4 is 4.72 Å². The molecule has 25 heavy (non-hydrogen) atoms. The van der Waals surface area contributed by atoms with Crippen molar-refractivity contribution < 1.29 is 17.6 Å². The van der Waals surface area contributed by atoms with Gasteiger partial charge in [-0.1, -0.05) is 12.1 Å². The van der Waals surface area contributed by atoms with Crippen molar-refractivity contribution in [3.8, 4) is 5.69 Å². The Balaban J connectivity index is 1.90. The van der Waals surface area contributed by atoms with Crippen molar-refractivity contribution in [1.29, 1.82) is 0 Å². The Morgan fingerprint density at radius 2 is 1.96 bits per heavy atom. The second kappa shape index (κ2) is 6.48. The summed E-state index contributed by atoms with van der Waals surface area (Å²) in [6.45, 7) is 1.35. The third-order valence-corrected chi connectivity index (χ3v) is 4.88. The van der Waals surface area contributed by atoms with Crippen molar-refractivity contribution in [2.45, 2.75) is 11.8 Å². The zero-order valence-electron chi connectivity index (χ0n) is 13.2. The van der Waals surface area contributed by atoms with E-state index in [1.54, 1.807) is 12.3 Å². The number of anilines is 1. The first-order chi connectivity index (χ1) is 11.9. The molecule has 0 unspecified atom stereocenters.